The van der Waals surface area contributed by atoms with Crippen LogP contribution < -0.4 is 0 Å². The van der Waals surface area contributed by atoms with Crippen molar-refractivity contribution in [2.75, 3.05) is 39.3 Å². The third-order valence-electron chi connectivity index (χ3n) is 3.13. The van der Waals surface area contributed by atoms with Crippen LogP contribution in [0.2, 0.25) is 0 Å². The lowest BCUT2D eigenvalue weighted by Gasteiger charge is -2.33. The van der Waals surface area contributed by atoms with Crippen LogP contribution in [0.5, 0.6) is 0 Å². The highest BCUT2D eigenvalue weighted by Crippen LogP contribution is 2.25. The van der Waals surface area contributed by atoms with Gasteiger partial charge in [-0.15, -0.1) is 11.3 Å². The van der Waals surface area contributed by atoms with Crippen LogP contribution in [0, 0.1) is 0 Å². The Morgan fingerprint density at radius 2 is 1.90 bits per heavy atom. The van der Waals surface area contributed by atoms with Crippen molar-refractivity contribution in [2.24, 2.45) is 0 Å². The summed E-state index contributed by atoms with van der Waals surface area (Å²) in [4.78, 5) is 12.8. The number of thiophene rings is 1. The average molecular weight is 320 g/mol. The standard InChI is InChI=1S/C11H16N2O5S2/c14-8-7-12-3-5-13(6-4-12)20(17,18)10-2-1-9(19-10)11(15)16/h1-2,14H,3-8H2,(H,15,16). The normalized spacial score (nSPS) is 18.2. The van der Waals surface area contributed by atoms with Crippen LogP contribution in [0.25, 0.3) is 0 Å². The molecule has 0 saturated carbocycles. The highest BCUT2D eigenvalue weighted by atomic mass is 32.2. The average Bonchev–Trinajstić information content (AvgIpc) is 2.90. The Labute approximate surface area is 121 Å². The molecule has 1 aliphatic heterocycles. The quantitative estimate of drug-likeness (QED) is 0.776. The zero-order valence-corrected chi connectivity index (χ0v) is 12.4. The van der Waals surface area contributed by atoms with Crippen molar-refractivity contribution < 1.29 is 23.4 Å². The van der Waals surface area contributed by atoms with E-state index in [-0.39, 0.29) is 15.7 Å². The van der Waals surface area contributed by atoms with Gasteiger partial charge in [0.1, 0.15) is 9.09 Å². The van der Waals surface area contributed by atoms with Crippen LogP contribution in [-0.2, 0) is 10.0 Å². The van der Waals surface area contributed by atoms with Gasteiger partial charge in [0, 0.05) is 32.7 Å². The van der Waals surface area contributed by atoms with Crippen LogP contribution in [0.15, 0.2) is 16.3 Å². The zero-order valence-electron chi connectivity index (χ0n) is 10.7. The molecule has 9 heteroatoms. The van der Waals surface area contributed by atoms with Crippen LogP contribution in [-0.4, -0.2) is 73.1 Å². The van der Waals surface area contributed by atoms with Crippen molar-refractivity contribution >= 4 is 27.3 Å². The molecule has 1 aromatic heterocycles. The summed E-state index contributed by atoms with van der Waals surface area (Å²) in [5.41, 5.74) is 0. The predicted molar refractivity (Wildman–Crippen MR) is 73.6 cm³/mol. The number of nitrogens with zero attached hydrogens (tertiary/aromatic N) is 2. The van der Waals surface area contributed by atoms with E-state index in [0.717, 1.165) is 11.3 Å². The van der Waals surface area contributed by atoms with E-state index >= 15 is 0 Å². The van der Waals surface area contributed by atoms with Gasteiger partial charge in [0.15, 0.2) is 0 Å². The molecule has 0 amide bonds. The SMILES string of the molecule is O=C(O)c1ccc(S(=O)(=O)N2CCN(CCO)CC2)s1. The number of carboxylic acid groups (broad SMARTS) is 1. The Hall–Kier alpha value is -1.00. The van der Waals surface area contributed by atoms with Gasteiger partial charge in [-0.05, 0) is 12.1 Å². The largest absolute Gasteiger partial charge is 0.477 e. The first-order chi connectivity index (χ1) is 9.45. The molecule has 0 unspecified atom stereocenters. The van der Waals surface area contributed by atoms with Crippen LogP contribution in [0.4, 0.5) is 0 Å². The van der Waals surface area contributed by atoms with E-state index in [1.165, 1.54) is 16.4 Å². The Morgan fingerprint density at radius 3 is 2.40 bits per heavy atom. The highest BCUT2D eigenvalue weighted by molar-refractivity contribution is 7.91. The van der Waals surface area contributed by atoms with Crippen molar-refractivity contribution in [3.63, 3.8) is 0 Å². The summed E-state index contributed by atoms with van der Waals surface area (Å²) in [6.45, 7) is 2.43. The first kappa shape index (κ1) is 15.4. The maximum atomic E-state index is 12.4. The Morgan fingerprint density at radius 1 is 1.25 bits per heavy atom. The van der Waals surface area contributed by atoms with E-state index in [9.17, 15) is 13.2 Å². The van der Waals surface area contributed by atoms with Gasteiger partial charge < -0.3 is 10.2 Å². The summed E-state index contributed by atoms with van der Waals surface area (Å²) < 4.78 is 26.1. The van der Waals surface area contributed by atoms with Crippen molar-refractivity contribution in [3.05, 3.63) is 17.0 Å². The van der Waals surface area contributed by atoms with Gasteiger partial charge in [-0.25, -0.2) is 13.2 Å². The lowest BCUT2D eigenvalue weighted by molar-refractivity contribution is 0.0702. The zero-order chi connectivity index (χ0) is 14.8. The fourth-order valence-corrected chi connectivity index (χ4v) is 4.76. The van der Waals surface area contributed by atoms with Crippen molar-refractivity contribution in [1.82, 2.24) is 9.21 Å². The summed E-state index contributed by atoms with van der Waals surface area (Å²) >= 11 is 0.770. The number of piperazine rings is 1. The number of hydrogen-bond acceptors (Lipinski definition) is 6. The maximum absolute atomic E-state index is 12.4. The van der Waals surface area contributed by atoms with E-state index in [1.807, 2.05) is 4.90 Å². The number of carbonyl (C=O) groups is 1. The number of sulfonamides is 1. The van der Waals surface area contributed by atoms with Crippen LogP contribution >= 0.6 is 11.3 Å². The lowest BCUT2D eigenvalue weighted by atomic mass is 10.4. The van der Waals surface area contributed by atoms with Gasteiger partial charge in [-0.1, -0.05) is 0 Å². The minimum absolute atomic E-state index is 0.0162. The fourth-order valence-electron chi connectivity index (χ4n) is 2.04. The van der Waals surface area contributed by atoms with Gasteiger partial charge in [-0.3, -0.25) is 4.90 Å². The Balaban J connectivity index is 2.09. The molecule has 0 bridgehead atoms. The third-order valence-corrected chi connectivity index (χ3v) is 6.57. The third kappa shape index (κ3) is 3.18. The number of aliphatic hydroxyl groups is 1. The molecule has 0 radical (unpaired) electrons. The highest BCUT2D eigenvalue weighted by Gasteiger charge is 2.29. The molecule has 0 aromatic carbocycles. The molecular weight excluding hydrogens is 304 g/mol. The van der Waals surface area contributed by atoms with E-state index < -0.39 is 16.0 Å². The summed E-state index contributed by atoms with van der Waals surface area (Å²) in [6, 6.07) is 2.64. The molecule has 112 valence electrons. The molecule has 2 N–H and O–H groups in total. The number of rotatable bonds is 5. The fraction of sp³-hybridized carbons (Fsp3) is 0.545. The number of hydrogen-bond donors (Lipinski definition) is 2. The topological polar surface area (TPSA) is 98.1 Å². The van der Waals surface area contributed by atoms with Crippen molar-refractivity contribution in [2.45, 2.75) is 4.21 Å². The van der Waals surface area contributed by atoms with Crippen molar-refractivity contribution in [1.29, 1.82) is 0 Å². The van der Waals surface area contributed by atoms with Crippen LogP contribution in [0.1, 0.15) is 9.67 Å². The van der Waals surface area contributed by atoms with E-state index in [0.29, 0.717) is 32.7 Å². The molecule has 2 rings (SSSR count). The Kier molecular flexibility index (Phi) is 4.76. The smallest absolute Gasteiger partial charge is 0.345 e. The minimum atomic E-state index is -3.61. The first-order valence-corrected chi connectivity index (χ1v) is 8.37. The van der Waals surface area contributed by atoms with E-state index in [2.05, 4.69) is 0 Å². The van der Waals surface area contributed by atoms with Gasteiger partial charge in [-0.2, -0.15) is 4.31 Å². The molecule has 1 fully saturated rings. The summed E-state index contributed by atoms with van der Waals surface area (Å²) in [6.07, 6.45) is 0. The molecule has 0 aliphatic carbocycles. The predicted octanol–water partition coefficient (Wildman–Crippen LogP) is -0.255. The number of β-amino-alcohol motifs (C(OH)–C–C–N with tert-alkyl or cyclic N) is 1. The van der Waals surface area contributed by atoms with Crippen LogP contribution in [0.3, 0.4) is 0 Å². The molecule has 0 atom stereocenters. The number of aromatic carboxylic acids is 1. The van der Waals surface area contributed by atoms with Crippen molar-refractivity contribution in [3.8, 4) is 0 Å². The summed E-state index contributed by atoms with van der Waals surface area (Å²) in [5, 5.41) is 17.7. The molecule has 7 nitrogen and oxygen atoms in total. The molecular formula is C11H16N2O5S2. The van der Waals surface area contributed by atoms with E-state index in [4.69, 9.17) is 10.2 Å². The molecule has 2 heterocycles. The molecule has 20 heavy (non-hydrogen) atoms. The second-order valence-electron chi connectivity index (χ2n) is 4.39. The van der Waals surface area contributed by atoms with Gasteiger partial charge in [0.2, 0.25) is 0 Å². The maximum Gasteiger partial charge on any atom is 0.345 e. The van der Waals surface area contributed by atoms with Gasteiger partial charge in [0.05, 0.1) is 6.61 Å². The number of carboxylic acids is 1. The summed E-state index contributed by atoms with van der Waals surface area (Å²) in [5.74, 6) is -1.12. The van der Waals surface area contributed by atoms with E-state index in [1.54, 1.807) is 0 Å². The number of aliphatic hydroxyl groups excluding tert-OH is 1. The molecule has 0 spiro atoms. The second kappa shape index (κ2) is 6.19. The summed E-state index contributed by atoms with van der Waals surface area (Å²) in [7, 11) is -3.61. The first-order valence-electron chi connectivity index (χ1n) is 6.11. The minimum Gasteiger partial charge on any atom is -0.477 e. The molecule has 1 aromatic rings. The lowest BCUT2D eigenvalue weighted by Crippen LogP contribution is -2.49. The monoisotopic (exact) mass is 320 g/mol. The van der Waals surface area contributed by atoms with Gasteiger partial charge >= 0.3 is 5.97 Å². The molecule has 1 aliphatic rings. The van der Waals surface area contributed by atoms with Gasteiger partial charge in [0.25, 0.3) is 10.0 Å². The Bertz CT molecular complexity index is 575. The second-order valence-corrected chi connectivity index (χ2v) is 7.64. The molecule has 1 saturated heterocycles.